The Labute approximate surface area is 239 Å². The fourth-order valence-corrected chi connectivity index (χ4v) is 5.18. The molecule has 0 saturated heterocycles. The number of halogens is 9. The molecule has 0 saturated carbocycles. The van der Waals surface area contributed by atoms with Gasteiger partial charge in [0.1, 0.15) is 0 Å². The highest BCUT2D eigenvalue weighted by Crippen LogP contribution is 2.44. The SMILES string of the molecule is Cc1cc2c(cc1C(F)(F)F)N(CCO)CCC[C@@H]2N(Cc1cc(C(F)(F)F)cc(C(F)(F)F)c1)c1nnn(CCN)n1. The molecule has 0 aliphatic carbocycles. The fourth-order valence-electron chi connectivity index (χ4n) is 5.18. The van der Waals surface area contributed by atoms with Crippen molar-refractivity contribution in [3.05, 3.63) is 63.7 Å². The number of benzene rings is 2. The van der Waals surface area contributed by atoms with Crippen molar-refractivity contribution in [3.63, 3.8) is 0 Å². The molecule has 0 spiro atoms. The van der Waals surface area contributed by atoms with E-state index in [9.17, 15) is 44.6 Å². The van der Waals surface area contributed by atoms with Gasteiger partial charge >= 0.3 is 18.5 Å². The lowest BCUT2D eigenvalue weighted by Crippen LogP contribution is -2.31. The van der Waals surface area contributed by atoms with Crippen molar-refractivity contribution in [3.8, 4) is 0 Å². The third-order valence-electron chi connectivity index (χ3n) is 7.06. The number of tetrazole rings is 1. The van der Waals surface area contributed by atoms with Gasteiger partial charge in [0.15, 0.2) is 0 Å². The molecule has 1 aliphatic rings. The number of hydrogen-bond donors (Lipinski definition) is 2. The first-order valence-electron chi connectivity index (χ1n) is 13.1. The number of aliphatic hydroxyl groups excluding tert-OH is 1. The number of nitrogens with zero attached hydrogens (tertiary/aromatic N) is 6. The maximum atomic E-state index is 13.9. The highest BCUT2D eigenvalue weighted by Gasteiger charge is 2.39. The third-order valence-corrected chi connectivity index (χ3v) is 7.06. The molecule has 1 aliphatic heterocycles. The summed E-state index contributed by atoms with van der Waals surface area (Å²) in [4.78, 5) is 4.00. The van der Waals surface area contributed by atoms with Crippen LogP contribution in [0.25, 0.3) is 0 Å². The monoisotopic (exact) mass is 625 g/mol. The number of β-amino-alcohol motifs (C(OH)–C–C–N with tert-alkyl or cyclic N) is 1. The number of alkyl halides is 9. The first kappa shape index (κ1) is 32.3. The van der Waals surface area contributed by atoms with Gasteiger partial charge in [0.25, 0.3) is 5.95 Å². The van der Waals surface area contributed by atoms with E-state index < -0.39 is 47.8 Å². The molecule has 0 unspecified atom stereocenters. The van der Waals surface area contributed by atoms with E-state index in [1.807, 2.05) is 0 Å². The van der Waals surface area contributed by atoms with Crippen molar-refractivity contribution in [1.29, 1.82) is 0 Å². The van der Waals surface area contributed by atoms with E-state index >= 15 is 0 Å². The van der Waals surface area contributed by atoms with Gasteiger partial charge in [-0.25, -0.2) is 0 Å². The Kier molecular flexibility index (Phi) is 9.16. The molecule has 0 radical (unpaired) electrons. The van der Waals surface area contributed by atoms with Gasteiger partial charge in [-0.3, -0.25) is 0 Å². The Bertz CT molecular complexity index is 1390. The number of aryl methyl sites for hydroxylation is 1. The summed E-state index contributed by atoms with van der Waals surface area (Å²) in [5, 5.41) is 21.6. The van der Waals surface area contributed by atoms with Crippen LogP contribution in [0.3, 0.4) is 0 Å². The normalized spacial score (nSPS) is 16.3. The Morgan fingerprint density at radius 3 is 2.14 bits per heavy atom. The lowest BCUT2D eigenvalue weighted by molar-refractivity contribution is -0.143. The van der Waals surface area contributed by atoms with Crippen molar-refractivity contribution in [2.24, 2.45) is 5.73 Å². The van der Waals surface area contributed by atoms with Gasteiger partial charge in [0.05, 0.1) is 35.9 Å². The standard InChI is InChI=1S/C26H28F9N7O/c1-15-9-19-21(3-2-5-40(7-8-43)22(19)13-20(15)26(33,34)35)41(23-37-39-42(38-23)6-4-36)14-16-10-17(24(27,28)29)12-18(11-16)25(30,31)32/h9-13,21,43H,2-8,14,36H2,1H3/t21-/m0/s1. The number of nitrogens with two attached hydrogens (primary N) is 1. The summed E-state index contributed by atoms with van der Waals surface area (Å²) >= 11 is 0. The minimum Gasteiger partial charge on any atom is -0.395 e. The molecule has 4 rings (SSSR count). The predicted octanol–water partition coefficient (Wildman–Crippen LogP) is 5.34. The van der Waals surface area contributed by atoms with Crippen molar-refractivity contribution >= 4 is 11.6 Å². The largest absolute Gasteiger partial charge is 0.416 e. The van der Waals surface area contributed by atoms with Crippen LogP contribution >= 0.6 is 0 Å². The second-order valence-electron chi connectivity index (χ2n) is 10.1. The van der Waals surface area contributed by atoms with Crippen LogP contribution in [0.1, 0.15) is 52.3 Å². The van der Waals surface area contributed by atoms with Gasteiger partial charge in [0, 0.05) is 31.9 Å². The topological polar surface area (TPSA) is 96.3 Å². The number of hydrogen-bond acceptors (Lipinski definition) is 7. The van der Waals surface area contributed by atoms with E-state index in [0.29, 0.717) is 24.1 Å². The molecule has 2 heterocycles. The van der Waals surface area contributed by atoms with Crippen LogP contribution in [-0.4, -0.2) is 51.6 Å². The van der Waals surface area contributed by atoms with Crippen LogP contribution in [0, 0.1) is 6.92 Å². The van der Waals surface area contributed by atoms with Crippen LogP contribution in [0.15, 0.2) is 30.3 Å². The average molecular weight is 626 g/mol. The average Bonchev–Trinajstić information content (AvgIpc) is 3.29. The summed E-state index contributed by atoms with van der Waals surface area (Å²) in [6.07, 6.45) is -14.3. The second kappa shape index (κ2) is 12.2. The molecular formula is C26H28F9N7O. The summed E-state index contributed by atoms with van der Waals surface area (Å²) in [6.45, 7) is 0.737. The maximum Gasteiger partial charge on any atom is 0.416 e. The van der Waals surface area contributed by atoms with E-state index in [2.05, 4.69) is 15.4 Å². The van der Waals surface area contributed by atoms with Gasteiger partial charge in [-0.2, -0.15) is 44.3 Å². The molecule has 43 heavy (non-hydrogen) atoms. The van der Waals surface area contributed by atoms with Crippen molar-refractivity contribution < 1.29 is 44.6 Å². The zero-order valence-electron chi connectivity index (χ0n) is 22.7. The van der Waals surface area contributed by atoms with E-state index in [1.54, 1.807) is 4.90 Å². The quantitative estimate of drug-likeness (QED) is 0.327. The summed E-state index contributed by atoms with van der Waals surface area (Å²) < 4.78 is 123. The van der Waals surface area contributed by atoms with Gasteiger partial charge < -0.3 is 20.6 Å². The fraction of sp³-hybridized carbons (Fsp3) is 0.500. The first-order chi connectivity index (χ1) is 20.0. The zero-order valence-corrected chi connectivity index (χ0v) is 22.7. The molecule has 2 aromatic carbocycles. The van der Waals surface area contributed by atoms with Crippen LogP contribution < -0.4 is 15.5 Å². The number of rotatable bonds is 8. The van der Waals surface area contributed by atoms with Gasteiger partial charge in [0.2, 0.25) is 0 Å². The zero-order chi connectivity index (χ0) is 31.7. The van der Waals surface area contributed by atoms with Crippen molar-refractivity contribution in [1.82, 2.24) is 20.2 Å². The highest BCUT2D eigenvalue weighted by atomic mass is 19.4. The molecular weight excluding hydrogens is 597 g/mol. The lowest BCUT2D eigenvalue weighted by Gasteiger charge is -2.33. The predicted molar refractivity (Wildman–Crippen MR) is 137 cm³/mol. The molecule has 1 atom stereocenters. The van der Waals surface area contributed by atoms with E-state index in [0.717, 1.165) is 10.9 Å². The maximum absolute atomic E-state index is 13.9. The van der Waals surface area contributed by atoms with E-state index in [-0.39, 0.29) is 68.0 Å². The minimum atomic E-state index is -5.09. The van der Waals surface area contributed by atoms with Gasteiger partial charge in [-0.1, -0.05) is 11.2 Å². The second-order valence-corrected chi connectivity index (χ2v) is 10.1. The molecule has 0 fully saturated rings. The number of aliphatic hydroxyl groups is 1. The Morgan fingerprint density at radius 2 is 1.58 bits per heavy atom. The first-order valence-corrected chi connectivity index (χ1v) is 13.1. The van der Waals surface area contributed by atoms with Crippen LogP contribution in [0.4, 0.5) is 51.1 Å². The van der Waals surface area contributed by atoms with Gasteiger partial charge in [-0.15, -0.1) is 5.10 Å². The van der Waals surface area contributed by atoms with Crippen molar-refractivity contribution in [2.75, 3.05) is 36.0 Å². The number of fused-ring (bicyclic) bond motifs is 1. The third kappa shape index (κ3) is 7.31. The summed E-state index contributed by atoms with van der Waals surface area (Å²) in [5.41, 5.74) is 1.52. The minimum absolute atomic E-state index is 0.00637. The molecule has 3 N–H and O–H groups in total. The Morgan fingerprint density at radius 1 is 0.930 bits per heavy atom. The Hall–Kier alpha value is -3.60. The van der Waals surface area contributed by atoms with E-state index in [4.69, 9.17) is 5.73 Å². The molecule has 8 nitrogen and oxygen atoms in total. The van der Waals surface area contributed by atoms with Crippen molar-refractivity contribution in [2.45, 2.75) is 57.4 Å². The van der Waals surface area contributed by atoms with Crippen LogP contribution in [0.5, 0.6) is 0 Å². The molecule has 3 aromatic rings. The summed E-state index contributed by atoms with van der Waals surface area (Å²) in [7, 11) is 0. The lowest BCUT2D eigenvalue weighted by atomic mass is 9.94. The highest BCUT2D eigenvalue weighted by molar-refractivity contribution is 5.62. The van der Waals surface area contributed by atoms with E-state index in [1.165, 1.54) is 17.9 Å². The molecule has 1 aromatic heterocycles. The molecule has 17 heteroatoms. The number of aromatic nitrogens is 4. The smallest absolute Gasteiger partial charge is 0.395 e. The molecule has 0 amide bonds. The Balaban J connectivity index is 1.91. The van der Waals surface area contributed by atoms with Crippen LogP contribution in [0.2, 0.25) is 0 Å². The molecule has 0 bridgehead atoms. The molecule has 236 valence electrons. The summed E-state index contributed by atoms with van der Waals surface area (Å²) in [5.74, 6) is -0.163. The van der Waals surface area contributed by atoms with Gasteiger partial charge in [-0.05, 0) is 65.9 Å². The number of anilines is 2. The van der Waals surface area contributed by atoms with Crippen LogP contribution in [-0.2, 0) is 31.6 Å². The summed E-state index contributed by atoms with van der Waals surface area (Å²) in [6, 6.07) is 2.53.